The summed E-state index contributed by atoms with van der Waals surface area (Å²) in [5.74, 6) is 1.61. The normalized spacial score (nSPS) is 16.9. The summed E-state index contributed by atoms with van der Waals surface area (Å²) in [5.41, 5.74) is 2.08. The predicted octanol–water partition coefficient (Wildman–Crippen LogP) is 3.23. The van der Waals surface area contributed by atoms with Crippen LogP contribution in [0.15, 0.2) is 65.5 Å². The predicted molar refractivity (Wildman–Crippen MR) is 106 cm³/mol. The number of aryl methyl sites for hydroxylation is 1. The molecule has 1 aliphatic heterocycles. The van der Waals surface area contributed by atoms with Gasteiger partial charge in [0.05, 0.1) is 12.2 Å². The van der Waals surface area contributed by atoms with E-state index in [9.17, 15) is 4.79 Å². The molecule has 6 heteroatoms. The molecular formula is C22H24N4O2. The highest BCUT2D eigenvalue weighted by Gasteiger charge is 2.27. The summed E-state index contributed by atoms with van der Waals surface area (Å²) in [6.45, 7) is 2.30. The first-order valence-electron chi connectivity index (χ1n) is 9.71. The smallest absolute Gasteiger partial charge is 0.223 e. The first kappa shape index (κ1) is 18.4. The zero-order chi connectivity index (χ0) is 19.2. The third-order valence-corrected chi connectivity index (χ3v) is 5.03. The molecule has 4 rings (SSSR count). The molecule has 0 saturated carbocycles. The number of amides is 1. The van der Waals surface area contributed by atoms with Crippen LogP contribution in [0.3, 0.4) is 0 Å². The number of hydrogen-bond acceptors (Lipinski definition) is 5. The molecule has 144 valence electrons. The summed E-state index contributed by atoms with van der Waals surface area (Å²) in [4.78, 5) is 23.3. The Morgan fingerprint density at radius 1 is 1.18 bits per heavy atom. The molecule has 3 heterocycles. The Hall–Kier alpha value is -2.99. The van der Waals surface area contributed by atoms with Crippen LogP contribution in [-0.4, -0.2) is 40.4 Å². The lowest BCUT2D eigenvalue weighted by Gasteiger charge is -2.36. The highest BCUT2D eigenvalue weighted by atomic mass is 16.4. The maximum atomic E-state index is 12.8. The van der Waals surface area contributed by atoms with E-state index >= 15 is 0 Å². The van der Waals surface area contributed by atoms with Crippen LogP contribution in [0.2, 0.25) is 0 Å². The summed E-state index contributed by atoms with van der Waals surface area (Å²) in [6, 6.07) is 13.9. The molecule has 1 saturated heterocycles. The highest BCUT2D eigenvalue weighted by Crippen LogP contribution is 2.23. The Kier molecular flexibility index (Phi) is 5.77. The lowest BCUT2D eigenvalue weighted by Crippen LogP contribution is -2.48. The molecule has 1 amide bonds. The van der Waals surface area contributed by atoms with Crippen molar-refractivity contribution in [3.8, 4) is 11.3 Å². The summed E-state index contributed by atoms with van der Waals surface area (Å²) in [7, 11) is 0. The largest absolute Gasteiger partial charge is 0.441 e. The Morgan fingerprint density at radius 2 is 2.07 bits per heavy atom. The fourth-order valence-electron chi connectivity index (χ4n) is 3.57. The van der Waals surface area contributed by atoms with Crippen LogP contribution < -0.4 is 5.32 Å². The molecule has 0 radical (unpaired) electrons. The quantitative estimate of drug-likeness (QED) is 0.715. The SMILES string of the molecule is O=C(CCCc1ncc(-c2ccccc2)o1)N1CCNCC1c1cccnc1. The second kappa shape index (κ2) is 8.80. The molecule has 1 aromatic carbocycles. The van der Waals surface area contributed by atoms with Gasteiger partial charge in [0, 0.05) is 50.4 Å². The number of hydrogen-bond donors (Lipinski definition) is 1. The van der Waals surface area contributed by atoms with E-state index in [2.05, 4.69) is 15.3 Å². The molecule has 1 unspecified atom stereocenters. The van der Waals surface area contributed by atoms with Gasteiger partial charge in [0.2, 0.25) is 5.91 Å². The number of aromatic nitrogens is 2. The number of pyridine rings is 1. The summed E-state index contributed by atoms with van der Waals surface area (Å²) in [6.07, 6.45) is 7.21. The number of carbonyl (C=O) groups is 1. The maximum Gasteiger partial charge on any atom is 0.223 e. The number of piperazine rings is 1. The van der Waals surface area contributed by atoms with Crippen molar-refractivity contribution in [1.82, 2.24) is 20.2 Å². The number of oxazole rings is 1. The Balaban J connectivity index is 1.33. The van der Waals surface area contributed by atoms with Gasteiger partial charge < -0.3 is 14.6 Å². The van der Waals surface area contributed by atoms with Gasteiger partial charge in [-0.25, -0.2) is 4.98 Å². The van der Waals surface area contributed by atoms with Gasteiger partial charge in [0.1, 0.15) is 0 Å². The Labute approximate surface area is 164 Å². The third kappa shape index (κ3) is 4.28. The van der Waals surface area contributed by atoms with Gasteiger partial charge in [-0.2, -0.15) is 0 Å². The van der Waals surface area contributed by atoms with Crippen molar-refractivity contribution in [3.05, 3.63) is 72.5 Å². The van der Waals surface area contributed by atoms with Crippen molar-refractivity contribution in [1.29, 1.82) is 0 Å². The highest BCUT2D eigenvalue weighted by molar-refractivity contribution is 5.77. The molecule has 1 atom stereocenters. The fourth-order valence-corrected chi connectivity index (χ4v) is 3.57. The van der Waals surface area contributed by atoms with Gasteiger partial charge >= 0.3 is 0 Å². The zero-order valence-corrected chi connectivity index (χ0v) is 15.8. The summed E-state index contributed by atoms with van der Waals surface area (Å²) >= 11 is 0. The van der Waals surface area contributed by atoms with Crippen LogP contribution in [0.4, 0.5) is 0 Å². The van der Waals surface area contributed by atoms with Crippen LogP contribution in [0.1, 0.15) is 30.3 Å². The molecule has 0 aliphatic carbocycles. The van der Waals surface area contributed by atoms with Crippen LogP contribution >= 0.6 is 0 Å². The topological polar surface area (TPSA) is 71.3 Å². The average Bonchev–Trinajstić information content (AvgIpc) is 3.24. The first-order valence-corrected chi connectivity index (χ1v) is 9.71. The van der Waals surface area contributed by atoms with Crippen molar-refractivity contribution in [2.45, 2.75) is 25.3 Å². The lowest BCUT2D eigenvalue weighted by molar-refractivity contribution is -0.134. The molecule has 1 N–H and O–H groups in total. The molecular weight excluding hydrogens is 352 g/mol. The van der Waals surface area contributed by atoms with Gasteiger partial charge in [0.25, 0.3) is 0 Å². The summed E-state index contributed by atoms with van der Waals surface area (Å²) < 4.78 is 5.83. The monoisotopic (exact) mass is 376 g/mol. The van der Waals surface area contributed by atoms with Crippen LogP contribution in [0, 0.1) is 0 Å². The van der Waals surface area contributed by atoms with E-state index in [1.165, 1.54) is 0 Å². The molecule has 1 aliphatic rings. The summed E-state index contributed by atoms with van der Waals surface area (Å²) in [5, 5.41) is 3.37. The fraction of sp³-hybridized carbons (Fsp3) is 0.318. The lowest BCUT2D eigenvalue weighted by atomic mass is 10.0. The molecule has 0 bridgehead atoms. The van der Waals surface area contributed by atoms with Gasteiger partial charge in [-0.05, 0) is 18.1 Å². The third-order valence-electron chi connectivity index (χ3n) is 5.03. The average molecular weight is 376 g/mol. The minimum Gasteiger partial charge on any atom is -0.441 e. The van der Waals surface area contributed by atoms with Gasteiger partial charge in [-0.1, -0.05) is 36.4 Å². The second-order valence-corrected chi connectivity index (χ2v) is 6.93. The number of rotatable bonds is 6. The Morgan fingerprint density at radius 3 is 2.89 bits per heavy atom. The van der Waals surface area contributed by atoms with Crippen molar-refractivity contribution in [3.63, 3.8) is 0 Å². The van der Waals surface area contributed by atoms with Gasteiger partial charge in [-0.15, -0.1) is 0 Å². The van der Waals surface area contributed by atoms with E-state index in [-0.39, 0.29) is 11.9 Å². The number of nitrogens with one attached hydrogen (secondary N) is 1. The van der Waals surface area contributed by atoms with Crippen LogP contribution in [-0.2, 0) is 11.2 Å². The maximum absolute atomic E-state index is 12.8. The molecule has 1 fully saturated rings. The van der Waals surface area contributed by atoms with Crippen molar-refractivity contribution in [2.75, 3.05) is 19.6 Å². The Bertz CT molecular complexity index is 895. The standard InChI is InChI=1S/C22H24N4O2/c27-22(26-13-12-24-15-19(26)18-8-5-11-23-14-18)10-4-9-21-25-16-20(28-21)17-6-2-1-3-7-17/h1-3,5-8,11,14,16,19,24H,4,9-10,12-13,15H2. The van der Waals surface area contributed by atoms with Crippen LogP contribution in [0.25, 0.3) is 11.3 Å². The van der Waals surface area contributed by atoms with E-state index in [1.54, 1.807) is 12.4 Å². The van der Waals surface area contributed by atoms with Crippen molar-refractivity contribution in [2.24, 2.45) is 0 Å². The molecule has 2 aromatic heterocycles. The zero-order valence-electron chi connectivity index (χ0n) is 15.8. The van der Waals surface area contributed by atoms with E-state index in [1.807, 2.05) is 53.6 Å². The molecule has 3 aromatic rings. The van der Waals surface area contributed by atoms with Gasteiger partial charge in [0.15, 0.2) is 11.7 Å². The van der Waals surface area contributed by atoms with E-state index in [0.717, 1.165) is 42.9 Å². The number of carbonyl (C=O) groups excluding carboxylic acids is 1. The number of benzene rings is 1. The minimum absolute atomic E-state index is 0.0429. The van der Waals surface area contributed by atoms with E-state index < -0.39 is 0 Å². The van der Waals surface area contributed by atoms with E-state index in [4.69, 9.17) is 4.42 Å². The molecule has 28 heavy (non-hydrogen) atoms. The van der Waals surface area contributed by atoms with E-state index in [0.29, 0.717) is 18.7 Å². The second-order valence-electron chi connectivity index (χ2n) is 6.93. The van der Waals surface area contributed by atoms with Crippen LogP contribution in [0.5, 0.6) is 0 Å². The van der Waals surface area contributed by atoms with Gasteiger partial charge in [-0.3, -0.25) is 9.78 Å². The molecule has 6 nitrogen and oxygen atoms in total. The minimum atomic E-state index is 0.0429. The van der Waals surface area contributed by atoms with Crippen molar-refractivity contribution >= 4 is 5.91 Å². The number of nitrogens with zero attached hydrogens (tertiary/aromatic N) is 3. The first-order chi connectivity index (χ1) is 13.8. The molecule has 0 spiro atoms. The van der Waals surface area contributed by atoms with Crippen molar-refractivity contribution < 1.29 is 9.21 Å².